The van der Waals surface area contributed by atoms with Crippen LogP contribution < -0.4 is 0 Å². The first-order valence-electron chi connectivity index (χ1n) is 4.17. The zero-order valence-corrected chi connectivity index (χ0v) is 7.44. The third-order valence-corrected chi connectivity index (χ3v) is 1.97. The molecule has 0 aliphatic heterocycles. The number of hydrogen-bond acceptors (Lipinski definition) is 2. The normalized spacial score (nSPS) is 14.4. The molecule has 0 saturated heterocycles. The second-order valence-corrected chi connectivity index (χ2v) is 3.08. The molecule has 0 bridgehead atoms. The van der Waals surface area contributed by atoms with E-state index in [0.717, 1.165) is 6.20 Å². The lowest BCUT2D eigenvalue weighted by molar-refractivity contribution is -0.207. The van der Waals surface area contributed by atoms with Gasteiger partial charge in [-0.15, -0.1) is 0 Å². The van der Waals surface area contributed by atoms with Crippen molar-refractivity contribution in [2.24, 2.45) is 0 Å². The van der Waals surface area contributed by atoms with E-state index in [2.05, 4.69) is 4.98 Å². The molecule has 1 atom stereocenters. The quantitative estimate of drug-likeness (QED) is 0.790. The third-order valence-electron chi connectivity index (χ3n) is 1.97. The molecule has 1 N–H and O–H groups in total. The Bertz CT molecular complexity index is 444. The van der Waals surface area contributed by atoms with E-state index < -0.39 is 18.0 Å². The Balaban J connectivity index is 2.45. The molecule has 0 aliphatic rings. The molecule has 2 heterocycles. The van der Waals surface area contributed by atoms with Crippen LogP contribution in [0.5, 0.6) is 0 Å². The molecule has 0 fully saturated rings. The highest BCUT2D eigenvalue weighted by Crippen LogP contribution is 2.31. The molecule has 0 aliphatic carbocycles. The Morgan fingerprint density at radius 2 is 2.07 bits per heavy atom. The monoisotopic (exact) mass is 216 g/mol. The number of imidazole rings is 1. The number of nitrogens with zero attached hydrogens (tertiary/aromatic N) is 2. The lowest BCUT2D eigenvalue weighted by Gasteiger charge is -2.10. The molecule has 0 saturated carbocycles. The van der Waals surface area contributed by atoms with Crippen LogP contribution in [0.4, 0.5) is 13.2 Å². The van der Waals surface area contributed by atoms with E-state index in [1.807, 2.05) is 0 Å². The lowest BCUT2D eigenvalue weighted by atomic mass is 10.3. The van der Waals surface area contributed by atoms with Crippen LogP contribution in [0, 0.1) is 0 Å². The van der Waals surface area contributed by atoms with Gasteiger partial charge in [-0.1, -0.05) is 6.07 Å². The number of alkyl halides is 3. The van der Waals surface area contributed by atoms with E-state index in [1.54, 1.807) is 24.4 Å². The maximum absolute atomic E-state index is 12.2. The summed E-state index contributed by atoms with van der Waals surface area (Å²) in [6, 6.07) is 4.89. The number of halogens is 3. The molecule has 2 aromatic rings. The minimum Gasteiger partial charge on any atom is -0.378 e. The van der Waals surface area contributed by atoms with Crippen molar-refractivity contribution in [2.45, 2.75) is 12.3 Å². The first kappa shape index (κ1) is 9.97. The molecule has 3 nitrogen and oxygen atoms in total. The van der Waals surface area contributed by atoms with E-state index in [0.29, 0.717) is 5.65 Å². The smallest absolute Gasteiger partial charge is 0.378 e. The maximum Gasteiger partial charge on any atom is 0.420 e. The SMILES string of the molecule is O[C@H](c1cn2ccccc2n1)C(F)(F)F. The van der Waals surface area contributed by atoms with Crippen molar-refractivity contribution in [1.29, 1.82) is 0 Å². The minimum absolute atomic E-state index is 0.371. The van der Waals surface area contributed by atoms with Crippen molar-refractivity contribution in [3.05, 3.63) is 36.3 Å². The zero-order chi connectivity index (χ0) is 11.1. The van der Waals surface area contributed by atoms with Crippen molar-refractivity contribution in [2.75, 3.05) is 0 Å². The van der Waals surface area contributed by atoms with Gasteiger partial charge in [0.2, 0.25) is 0 Å². The summed E-state index contributed by atoms with van der Waals surface area (Å²) in [4.78, 5) is 3.67. The van der Waals surface area contributed by atoms with Crippen LogP contribution in [0.15, 0.2) is 30.6 Å². The Kier molecular flexibility index (Phi) is 2.15. The molecule has 0 radical (unpaired) electrons. The zero-order valence-electron chi connectivity index (χ0n) is 7.44. The number of aromatic nitrogens is 2. The van der Waals surface area contributed by atoms with E-state index in [4.69, 9.17) is 5.11 Å². The molecule has 0 spiro atoms. The number of fused-ring (bicyclic) bond motifs is 1. The van der Waals surface area contributed by atoms with Gasteiger partial charge in [-0.25, -0.2) is 4.98 Å². The Morgan fingerprint density at radius 3 is 2.67 bits per heavy atom. The third kappa shape index (κ3) is 1.80. The van der Waals surface area contributed by atoms with Gasteiger partial charge in [-0.05, 0) is 12.1 Å². The summed E-state index contributed by atoms with van der Waals surface area (Å²) in [5, 5.41) is 8.96. The van der Waals surface area contributed by atoms with Gasteiger partial charge in [0, 0.05) is 12.4 Å². The van der Waals surface area contributed by atoms with Crippen LogP contribution in [-0.2, 0) is 0 Å². The van der Waals surface area contributed by atoms with Crippen LogP contribution in [-0.4, -0.2) is 20.7 Å². The standard InChI is InChI=1S/C9H7F3N2O/c10-9(11,12)8(15)6-5-14-4-2-1-3-7(14)13-6/h1-5,8,15H/t8-/m1/s1. The Hall–Kier alpha value is -1.56. The van der Waals surface area contributed by atoms with E-state index in [1.165, 1.54) is 4.40 Å². The van der Waals surface area contributed by atoms with Crippen molar-refractivity contribution >= 4 is 5.65 Å². The Labute approximate surface area is 82.8 Å². The number of rotatable bonds is 1. The van der Waals surface area contributed by atoms with Gasteiger partial charge >= 0.3 is 6.18 Å². The first-order chi connectivity index (χ1) is 6.98. The molecule has 15 heavy (non-hydrogen) atoms. The molecular weight excluding hydrogens is 209 g/mol. The molecule has 6 heteroatoms. The first-order valence-corrected chi connectivity index (χ1v) is 4.17. The maximum atomic E-state index is 12.2. The fourth-order valence-corrected chi connectivity index (χ4v) is 1.25. The van der Waals surface area contributed by atoms with E-state index >= 15 is 0 Å². The van der Waals surface area contributed by atoms with Gasteiger partial charge in [-0.2, -0.15) is 13.2 Å². The summed E-state index contributed by atoms with van der Waals surface area (Å²) in [7, 11) is 0. The van der Waals surface area contributed by atoms with Gasteiger partial charge in [-0.3, -0.25) is 0 Å². The second kappa shape index (κ2) is 3.23. The topological polar surface area (TPSA) is 37.5 Å². The molecular formula is C9H7F3N2O. The van der Waals surface area contributed by atoms with Gasteiger partial charge in [0.25, 0.3) is 0 Å². The number of aliphatic hydroxyl groups excluding tert-OH is 1. The largest absolute Gasteiger partial charge is 0.420 e. The molecule has 0 unspecified atom stereocenters. The van der Waals surface area contributed by atoms with Crippen LogP contribution in [0.3, 0.4) is 0 Å². The van der Waals surface area contributed by atoms with Gasteiger partial charge < -0.3 is 9.51 Å². The molecule has 2 rings (SSSR count). The van der Waals surface area contributed by atoms with Gasteiger partial charge in [0.1, 0.15) is 5.65 Å². The predicted molar refractivity (Wildman–Crippen MR) is 46.2 cm³/mol. The fraction of sp³-hybridized carbons (Fsp3) is 0.222. The van der Waals surface area contributed by atoms with Crippen LogP contribution >= 0.6 is 0 Å². The highest BCUT2D eigenvalue weighted by Gasteiger charge is 2.40. The molecule has 2 aromatic heterocycles. The van der Waals surface area contributed by atoms with Crippen molar-refractivity contribution < 1.29 is 18.3 Å². The summed E-state index contributed by atoms with van der Waals surface area (Å²) in [6.07, 6.45) is -4.49. The second-order valence-electron chi connectivity index (χ2n) is 3.08. The summed E-state index contributed by atoms with van der Waals surface area (Å²) in [5.74, 6) is 0. The van der Waals surface area contributed by atoms with Crippen molar-refractivity contribution in [1.82, 2.24) is 9.38 Å². The van der Waals surface area contributed by atoms with Crippen molar-refractivity contribution in [3.8, 4) is 0 Å². The minimum atomic E-state index is -4.68. The van der Waals surface area contributed by atoms with E-state index in [-0.39, 0.29) is 0 Å². The van der Waals surface area contributed by atoms with Crippen LogP contribution in [0.1, 0.15) is 11.8 Å². The summed E-state index contributed by atoms with van der Waals surface area (Å²) in [6.45, 7) is 0. The summed E-state index contributed by atoms with van der Waals surface area (Å²) < 4.78 is 37.9. The average Bonchev–Trinajstić information content (AvgIpc) is 2.58. The number of hydrogen-bond donors (Lipinski definition) is 1. The molecule has 80 valence electrons. The average molecular weight is 216 g/mol. The summed E-state index contributed by atoms with van der Waals surface area (Å²) in [5.41, 5.74) is -0.0236. The predicted octanol–water partition coefficient (Wildman–Crippen LogP) is 1.93. The van der Waals surface area contributed by atoms with E-state index in [9.17, 15) is 13.2 Å². The summed E-state index contributed by atoms with van der Waals surface area (Å²) >= 11 is 0. The number of aliphatic hydroxyl groups is 1. The van der Waals surface area contributed by atoms with Gasteiger partial charge in [0.05, 0.1) is 5.69 Å². The number of pyridine rings is 1. The fourth-order valence-electron chi connectivity index (χ4n) is 1.25. The lowest BCUT2D eigenvalue weighted by Crippen LogP contribution is -2.20. The molecule has 0 amide bonds. The Morgan fingerprint density at radius 1 is 1.33 bits per heavy atom. The highest BCUT2D eigenvalue weighted by atomic mass is 19.4. The highest BCUT2D eigenvalue weighted by molar-refractivity contribution is 5.39. The molecule has 0 aromatic carbocycles. The van der Waals surface area contributed by atoms with Crippen LogP contribution in [0.2, 0.25) is 0 Å². The van der Waals surface area contributed by atoms with Crippen LogP contribution in [0.25, 0.3) is 5.65 Å². The van der Waals surface area contributed by atoms with Gasteiger partial charge in [0.15, 0.2) is 6.10 Å². The van der Waals surface area contributed by atoms with Crippen molar-refractivity contribution in [3.63, 3.8) is 0 Å².